The topological polar surface area (TPSA) is 87.3 Å². The van der Waals surface area contributed by atoms with E-state index >= 15 is 0 Å². The summed E-state index contributed by atoms with van der Waals surface area (Å²) in [5.41, 5.74) is 0.480. The number of benzene rings is 1. The summed E-state index contributed by atoms with van der Waals surface area (Å²) in [5.74, 6) is 1.34. The van der Waals surface area contributed by atoms with Crippen LogP contribution in [0.2, 0.25) is 0 Å². The van der Waals surface area contributed by atoms with Crippen molar-refractivity contribution in [2.45, 2.75) is 44.9 Å². The van der Waals surface area contributed by atoms with Gasteiger partial charge in [0.2, 0.25) is 17.7 Å². The van der Waals surface area contributed by atoms with Crippen LogP contribution < -0.4 is 16.0 Å². The minimum Gasteiger partial charge on any atom is -0.354 e. The van der Waals surface area contributed by atoms with Crippen molar-refractivity contribution >= 4 is 17.7 Å². The van der Waals surface area contributed by atoms with Gasteiger partial charge in [-0.15, -0.1) is 0 Å². The van der Waals surface area contributed by atoms with Gasteiger partial charge in [0, 0.05) is 18.5 Å². The first-order valence-corrected chi connectivity index (χ1v) is 11.0. The average molecular weight is 416 g/mol. The average Bonchev–Trinajstić information content (AvgIpc) is 2.70. The summed E-state index contributed by atoms with van der Waals surface area (Å²) >= 11 is 0. The first-order chi connectivity index (χ1) is 14.4. The number of hydrogen-bond donors (Lipinski definition) is 3. The quantitative estimate of drug-likeness (QED) is 0.567. The lowest BCUT2D eigenvalue weighted by molar-refractivity contribution is -0.147. The fraction of sp³-hybridized carbons (Fsp3) is 0.609. The molecule has 0 aromatic heterocycles. The zero-order chi connectivity index (χ0) is 21.1. The molecule has 7 heteroatoms. The van der Waals surface area contributed by atoms with Crippen molar-refractivity contribution in [3.05, 3.63) is 35.6 Å². The van der Waals surface area contributed by atoms with Crippen LogP contribution >= 0.6 is 0 Å². The minimum atomic E-state index is -0.336. The summed E-state index contributed by atoms with van der Waals surface area (Å²) in [6, 6.07) is 5.79. The van der Waals surface area contributed by atoms with E-state index in [0.29, 0.717) is 30.8 Å². The van der Waals surface area contributed by atoms with E-state index in [1.807, 2.05) is 0 Å². The highest BCUT2D eigenvalue weighted by molar-refractivity contribution is 5.88. The number of amides is 3. The van der Waals surface area contributed by atoms with E-state index in [1.54, 1.807) is 12.1 Å². The van der Waals surface area contributed by atoms with Crippen LogP contribution in [-0.4, -0.2) is 37.4 Å². The van der Waals surface area contributed by atoms with E-state index in [1.165, 1.54) is 31.4 Å². The van der Waals surface area contributed by atoms with Crippen LogP contribution in [0, 0.1) is 29.0 Å². The number of carbonyl (C=O) groups is 3. The molecule has 0 unspecified atom stereocenters. The van der Waals surface area contributed by atoms with Gasteiger partial charge in [-0.2, -0.15) is 0 Å². The summed E-state index contributed by atoms with van der Waals surface area (Å²) in [7, 11) is 0. The maximum absolute atomic E-state index is 12.9. The Morgan fingerprint density at radius 3 is 1.93 bits per heavy atom. The fourth-order valence-electron chi connectivity index (χ4n) is 6.05. The summed E-state index contributed by atoms with van der Waals surface area (Å²) < 4.78 is 12.9. The standard InChI is InChI=1S/C23H30FN3O3/c24-19-3-1-15(2-4-19)10-20(28)25-5-6-26-21(29)14-27-22(30)23-11-16-7-17(12-23)9-18(8-16)13-23/h1-4,16-18H,5-14H2,(H,25,28)(H,26,29)(H,27,30). The highest BCUT2D eigenvalue weighted by Gasteiger charge is 2.54. The zero-order valence-electron chi connectivity index (χ0n) is 17.2. The van der Waals surface area contributed by atoms with Crippen LogP contribution in [0.4, 0.5) is 4.39 Å². The lowest BCUT2D eigenvalue weighted by Gasteiger charge is -2.55. The van der Waals surface area contributed by atoms with Gasteiger partial charge < -0.3 is 16.0 Å². The van der Waals surface area contributed by atoms with Gasteiger partial charge in [-0.25, -0.2) is 4.39 Å². The molecule has 4 saturated carbocycles. The number of rotatable bonds is 8. The predicted molar refractivity (Wildman–Crippen MR) is 110 cm³/mol. The van der Waals surface area contributed by atoms with Crippen molar-refractivity contribution in [3.63, 3.8) is 0 Å². The van der Waals surface area contributed by atoms with Gasteiger partial charge >= 0.3 is 0 Å². The van der Waals surface area contributed by atoms with E-state index in [4.69, 9.17) is 0 Å². The van der Waals surface area contributed by atoms with Gasteiger partial charge in [-0.1, -0.05) is 12.1 Å². The Balaban J connectivity index is 1.12. The number of nitrogens with one attached hydrogen (secondary N) is 3. The van der Waals surface area contributed by atoms with Crippen LogP contribution in [0.15, 0.2) is 24.3 Å². The predicted octanol–water partition coefficient (Wildman–Crippen LogP) is 1.93. The highest BCUT2D eigenvalue weighted by atomic mass is 19.1. The molecule has 3 amide bonds. The first-order valence-electron chi connectivity index (χ1n) is 11.0. The molecule has 1 aromatic rings. The zero-order valence-corrected chi connectivity index (χ0v) is 17.2. The largest absolute Gasteiger partial charge is 0.354 e. The van der Waals surface area contributed by atoms with Gasteiger partial charge in [0.25, 0.3) is 0 Å². The Labute approximate surface area is 176 Å². The summed E-state index contributed by atoms with van der Waals surface area (Å²) in [4.78, 5) is 36.8. The van der Waals surface area contributed by atoms with Gasteiger partial charge in [-0.05, 0) is 74.0 Å². The van der Waals surface area contributed by atoms with Gasteiger partial charge in [0.05, 0.1) is 13.0 Å². The Kier molecular flexibility index (Phi) is 6.06. The van der Waals surface area contributed by atoms with Crippen LogP contribution in [0.25, 0.3) is 0 Å². The molecule has 5 rings (SSSR count). The summed E-state index contributed by atoms with van der Waals surface area (Å²) in [5, 5.41) is 8.30. The Hall–Kier alpha value is -2.44. The molecule has 0 heterocycles. The molecule has 1 aromatic carbocycles. The molecular weight excluding hydrogens is 385 g/mol. The monoisotopic (exact) mass is 415 g/mol. The van der Waals surface area contributed by atoms with E-state index < -0.39 is 0 Å². The molecule has 30 heavy (non-hydrogen) atoms. The third kappa shape index (κ3) is 4.82. The van der Waals surface area contributed by atoms with Gasteiger partial charge in [-0.3, -0.25) is 14.4 Å². The van der Waals surface area contributed by atoms with Crippen LogP contribution in [-0.2, 0) is 20.8 Å². The van der Waals surface area contributed by atoms with E-state index in [0.717, 1.165) is 24.8 Å². The lowest BCUT2D eigenvalue weighted by Crippen LogP contribution is -2.54. The fourth-order valence-corrected chi connectivity index (χ4v) is 6.05. The molecule has 3 N–H and O–H groups in total. The smallest absolute Gasteiger partial charge is 0.239 e. The van der Waals surface area contributed by atoms with Crippen molar-refractivity contribution in [2.75, 3.05) is 19.6 Å². The second-order valence-electron chi connectivity index (χ2n) is 9.38. The molecule has 0 atom stereocenters. The molecular formula is C23H30FN3O3. The van der Waals surface area contributed by atoms with Crippen LogP contribution in [0.5, 0.6) is 0 Å². The second-order valence-corrected chi connectivity index (χ2v) is 9.38. The molecule has 0 saturated heterocycles. The molecule has 0 radical (unpaired) electrons. The molecule has 6 nitrogen and oxygen atoms in total. The summed E-state index contributed by atoms with van der Waals surface area (Å²) in [6.45, 7) is 0.569. The maximum atomic E-state index is 12.9. The van der Waals surface area contributed by atoms with E-state index in [-0.39, 0.29) is 41.9 Å². The van der Waals surface area contributed by atoms with E-state index in [2.05, 4.69) is 16.0 Å². The number of halogens is 1. The second kappa shape index (κ2) is 8.74. The minimum absolute atomic E-state index is 0.0237. The third-order valence-electron chi connectivity index (χ3n) is 6.98. The number of hydrogen-bond acceptors (Lipinski definition) is 3. The van der Waals surface area contributed by atoms with Crippen LogP contribution in [0.3, 0.4) is 0 Å². The highest BCUT2D eigenvalue weighted by Crippen LogP contribution is 2.60. The van der Waals surface area contributed by atoms with Crippen molar-refractivity contribution in [3.8, 4) is 0 Å². The lowest BCUT2D eigenvalue weighted by atomic mass is 9.49. The van der Waals surface area contributed by atoms with Gasteiger partial charge in [0.1, 0.15) is 5.82 Å². The first kappa shape index (κ1) is 20.8. The SMILES string of the molecule is O=C(CNC(=O)C12CC3CC(CC(C3)C1)C2)NCCNC(=O)Cc1ccc(F)cc1. The Morgan fingerprint density at radius 1 is 0.833 bits per heavy atom. The third-order valence-corrected chi connectivity index (χ3v) is 6.98. The molecule has 4 fully saturated rings. The van der Waals surface area contributed by atoms with Crippen molar-refractivity contribution in [2.24, 2.45) is 23.2 Å². The molecule has 0 spiro atoms. The Morgan fingerprint density at radius 2 is 1.37 bits per heavy atom. The van der Waals surface area contributed by atoms with E-state index in [9.17, 15) is 18.8 Å². The van der Waals surface area contributed by atoms with Crippen molar-refractivity contribution < 1.29 is 18.8 Å². The summed E-state index contributed by atoms with van der Waals surface area (Å²) in [6.07, 6.45) is 6.93. The molecule has 4 aliphatic rings. The van der Waals surface area contributed by atoms with Crippen molar-refractivity contribution in [1.29, 1.82) is 0 Å². The molecule has 4 aliphatic carbocycles. The maximum Gasteiger partial charge on any atom is 0.239 e. The number of carbonyl (C=O) groups excluding carboxylic acids is 3. The van der Waals surface area contributed by atoms with Crippen LogP contribution in [0.1, 0.15) is 44.1 Å². The molecule has 162 valence electrons. The molecule has 0 aliphatic heterocycles. The van der Waals surface area contributed by atoms with Crippen molar-refractivity contribution in [1.82, 2.24) is 16.0 Å². The Bertz CT molecular complexity index is 773. The van der Waals surface area contributed by atoms with Gasteiger partial charge in [0.15, 0.2) is 0 Å². The normalized spacial score (nSPS) is 28.8. The molecule has 4 bridgehead atoms.